The van der Waals surface area contributed by atoms with Crippen molar-refractivity contribution in [2.45, 2.75) is 37.8 Å². The third-order valence-electron chi connectivity index (χ3n) is 6.10. The molecule has 1 aliphatic carbocycles. The highest BCUT2D eigenvalue weighted by atomic mass is 32.1. The summed E-state index contributed by atoms with van der Waals surface area (Å²) in [6.07, 6.45) is 7.55. The summed E-state index contributed by atoms with van der Waals surface area (Å²) in [6, 6.07) is 16.6. The molecule has 6 rings (SSSR count). The Labute approximate surface area is 190 Å². The third kappa shape index (κ3) is 3.62. The van der Waals surface area contributed by atoms with Crippen LogP contribution in [-0.4, -0.2) is 39.5 Å². The number of anilines is 1. The summed E-state index contributed by atoms with van der Waals surface area (Å²) in [5.74, 6) is 1.62. The molecule has 4 aromatic rings. The largest absolute Gasteiger partial charge is 0.352 e. The molecule has 7 heteroatoms. The molecule has 1 aromatic carbocycles. The Balaban J connectivity index is 1.48. The highest BCUT2D eigenvalue weighted by Crippen LogP contribution is 2.39. The van der Waals surface area contributed by atoms with Crippen LogP contribution in [0.4, 0.5) is 5.82 Å². The average Bonchev–Trinajstić information content (AvgIpc) is 3.34. The van der Waals surface area contributed by atoms with Gasteiger partial charge in [0.15, 0.2) is 5.82 Å². The van der Waals surface area contributed by atoms with Crippen molar-refractivity contribution in [3.05, 3.63) is 60.9 Å². The fourth-order valence-corrected chi connectivity index (χ4v) is 5.34. The first kappa shape index (κ1) is 19.4. The van der Waals surface area contributed by atoms with Crippen LogP contribution in [0.25, 0.3) is 32.0 Å². The third-order valence-corrected chi connectivity index (χ3v) is 7.18. The van der Waals surface area contributed by atoms with E-state index in [2.05, 4.69) is 33.4 Å². The summed E-state index contributed by atoms with van der Waals surface area (Å²) < 4.78 is 0. The minimum Gasteiger partial charge on any atom is -0.352 e. The molecule has 3 aromatic heterocycles. The molecule has 4 heterocycles. The van der Waals surface area contributed by atoms with Crippen LogP contribution in [0.3, 0.4) is 0 Å². The zero-order chi connectivity index (χ0) is 21.5. The van der Waals surface area contributed by atoms with Gasteiger partial charge in [-0.2, -0.15) is 0 Å². The molecule has 0 spiro atoms. The van der Waals surface area contributed by atoms with Crippen molar-refractivity contribution in [3.8, 4) is 21.8 Å². The molecule has 1 aliphatic heterocycles. The number of hydrogen-bond acceptors (Lipinski definition) is 6. The smallest absolute Gasteiger partial charge is 0.242 e. The molecular formula is C25H23N5OS. The molecule has 160 valence electrons. The molecule has 1 saturated carbocycles. The number of carbonyl (C=O) groups excluding carboxylic acids is 1. The van der Waals surface area contributed by atoms with Crippen molar-refractivity contribution < 1.29 is 4.79 Å². The van der Waals surface area contributed by atoms with Crippen molar-refractivity contribution in [1.29, 1.82) is 0 Å². The molecule has 0 bridgehead atoms. The Kier molecular flexibility index (Phi) is 4.83. The molecule has 2 aliphatic rings. The van der Waals surface area contributed by atoms with Gasteiger partial charge in [0.2, 0.25) is 5.91 Å². The Morgan fingerprint density at radius 2 is 1.88 bits per heavy atom. The Morgan fingerprint density at radius 1 is 1.03 bits per heavy atom. The first-order chi connectivity index (χ1) is 15.8. The number of benzene rings is 1. The molecule has 1 N–H and O–H groups in total. The molecule has 1 amide bonds. The second-order valence-corrected chi connectivity index (χ2v) is 9.47. The highest BCUT2D eigenvalue weighted by Gasteiger charge is 2.36. The summed E-state index contributed by atoms with van der Waals surface area (Å²) in [5, 5.41) is 4.20. The zero-order valence-corrected chi connectivity index (χ0v) is 18.4. The number of carbonyl (C=O) groups is 1. The molecule has 32 heavy (non-hydrogen) atoms. The summed E-state index contributed by atoms with van der Waals surface area (Å²) in [5.41, 5.74) is 2.04. The molecule has 6 nitrogen and oxygen atoms in total. The summed E-state index contributed by atoms with van der Waals surface area (Å²) >= 11 is 1.66. The topological polar surface area (TPSA) is 71.0 Å². The van der Waals surface area contributed by atoms with Crippen molar-refractivity contribution >= 4 is 33.3 Å². The normalized spacial score (nSPS) is 18.2. The number of hydrogen-bond donors (Lipinski definition) is 1. The molecule has 1 atom stereocenters. The van der Waals surface area contributed by atoms with Gasteiger partial charge in [-0.05, 0) is 49.4 Å². The average molecular weight is 442 g/mol. The van der Waals surface area contributed by atoms with Gasteiger partial charge >= 0.3 is 0 Å². The fourth-order valence-electron chi connectivity index (χ4n) is 4.31. The van der Waals surface area contributed by atoms with Crippen molar-refractivity contribution in [2.75, 3.05) is 11.4 Å². The predicted octanol–water partition coefficient (Wildman–Crippen LogP) is 4.67. The minimum atomic E-state index is -0.185. The fraction of sp³-hybridized carbons (Fsp3) is 0.280. The monoisotopic (exact) mass is 441 g/mol. The van der Waals surface area contributed by atoms with Gasteiger partial charge in [-0.15, -0.1) is 11.3 Å². The van der Waals surface area contributed by atoms with Crippen LogP contribution < -0.4 is 10.2 Å². The van der Waals surface area contributed by atoms with E-state index in [1.807, 2.05) is 30.3 Å². The van der Waals surface area contributed by atoms with E-state index in [9.17, 15) is 4.79 Å². The van der Waals surface area contributed by atoms with Gasteiger partial charge in [0.1, 0.15) is 16.7 Å². The van der Waals surface area contributed by atoms with Gasteiger partial charge in [0.25, 0.3) is 0 Å². The van der Waals surface area contributed by atoms with E-state index in [0.717, 1.165) is 64.3 Å². The number of nitrogens with one attached hydrogen (secondary N) is 1. The lowest BCUT2D eigenvalue weighted by Gasteiger charge is -2.26. The second kappa shape index (κ2) is 7.98. The van der Waals surface area contributed by atoms with Crippen molar-refractivity contribution in [1.82, 2.24) is 20.3 Å². The van der Waals surface area contributed by atoms with E-state index in [1.54, 1.807) is 23.7 Å². The number of pyridine rings is 1. The maximum atomic E-state index is 13.0. The quantitative estimate of drug-likeness (QED) is 0.487. The van der Waals surface area contributed by atoms with Gasteiger partial charge < -0.3 is 10.2 Å². The van der Waals surface area contributed by atoms with E-state index in [4.69, 9.17) is 9.97 Å². The van der Waals surface area contributed by atoms with Crippen LogP contribution in [0.2, 0.25) is 0 Å². The van der Waals surface area contributed by atoms with Crippen LogP contribution in [0.5, 0.6) is 0 Å². The zero-order valence-electron chi connectivity index (χ0n) is 17.6. The van der Waals surface area contributed by atoms with Crippen molar-refractivity contribution in [3.63, 3.8) is 0 Å². The van der Waals surface area contributed by atoms with Crippen LogP contribution in [-0.2, 0) is 4.79 Å². The predicted molar refractivity (Wildman–Crippen MR) is 128 cm³/mol. The molecule has 1 saturated heterocycles. The van der Waals surface area contributed by atoms with Crippen LogP contribution in [0, 0.1) is 0 Å². The molecular weight excluding hydrogens is 418 g/mol. The van der Waals surface area contributed by atoms with E-state index in [-0.39, 0.29) is 11.9 Å². The summed E-state index contributed by atoms with van der Waals surface area (Å²) in [6.45, 7) is 0.817. The minimum absolute atomic E-state index is 0.123. The van der Waals surface area contributed by atoms with Crippen molar-refractivity contribution in [2.24, 2.45) is 0 Å². The summed E-state index contributed by atoms with van der Waals surface area (Å²) in [4.78, 5) is 31.4. The number of thiophene rings is 1. The standard InChI is InChI=1S/C25H23N5OS/c31-24(27-18-10-11-18)20-9-5-13-30(20)23-19-14-21(16-6-2-1-3-7-16)32-25(19)29-22(28-23)17-8-4-12-26-15-17/h1-4,6-8,12,14-15,18,20H,5,9-11,13H2,(H,27,31). The van der Waals surface area contributed by atoms with E-state index in [1.165, 1.54) is 0 Å². The first-order valence-electron chi connectivity index (χ1n) is 11.1. The molecule has 1 unspecified atom stereocenters. The van der Waals surface area contributed by atoms with Gasteiger partial charge in [0.05, 0.1) is 5.39 Å². The highest BCUT2D eigenvalue weighted by molar-refractivity contribution is 7.22. The lowest BCUT2D eigenvalue weighted by Crippen LogP contribution is -2.44. The van der Waals surface area contributed by atoms with E-state index >= 15 is 0 Å². The summed E-state index contributed by atoms with van der Waals surface area (Å²) in [7, 11) is 0. The van der Waals surface area contributed by atoms with E-state index < -0.39 is 0 Å². The molecule has 0 radical (unpaired) electrons. The number of aromatic nitrogens is 3. The second-order valence-electron chi connectivity index (χ2n) is 8.44. The molecule has 2 fully saturated rings. The SMILES string of the molecule is O=C(NC1CC1)C1CCCN1c1nc(-c2cccnc2)nc2sc(-c3ccccc3)cc12. The Bertz CT molecular complexity index is 1270. The van der Waals surface area contributed by atoms with Crippen LogP contribution >= 0.6 is 11.3 Å². The van der Waals surface area contributed by atoms with Gasteiger partial charge in [0, 0.05) is 35.4 Å². The maximum absolute atomic E-state index is 13.0. The van der Waals surface area contributed by atoms with Crippen LogP contribution in [0.1, 0.15) is 25.7 Å². The van der Waals surface area contributed by atoms with Crippen LogP contribution in [0.15, 0.2) is 60.9 Å². The number of fused-ring (bicyclic) bond motifs is 1. The maximum Gasteiger partial charge on any atom is 0.242 e. The Morgan fingerprint density at radius 3 is 2.66 bits per heavy atom. The van der Waals surface area contributed by atoms with Gasteiger partial charge in [-0.1, -0.05) is 30.3 Å². The number of rotatable bonds is 5. The van der Waals surface area contributed by atoms with E-state index in [0.29, 0.717) is 11.9 Å². The lowest BCUT2D eigenvalue weighted by atomic mass is 10.1. The van der Waals surface area contributed by atoms with Gasteiger partial charge in [-0.3, -0.25) is 9.78 Å². The van der Waals surface area contributed by atoms with Gasteiger partial charge in [-0.25, -0.2) is 9.97 Å². The first-order valence-corrected chi connectivity index (χ1v) is 11.9. The number of amides is 1. The number of nitrogens with zero attached hydrogens (tertiary/aromatic N) is 4. The lowest BCUT2D eigenvalue weighted by molar-refractivity contribution is -0.122. The Hall–Kier alpha value is -3.32.